The van der Waals surface area contributed by atoms with Gasteiger partial charge in [-0.25, -0.2) is 9.50 Å². The second-order valence-electron chi connectivity index (χ2n) is 4.51. The number of nitrogens with two attached hydrogens (primary N) is 1. The number of hydrogen-bond acceptors (Lipinski definition) is 5. The highest BCUT2D eigenvalue weighted by atomic mass is 16.4. The van der Waals surface area contributed by atoms with Crippen molar-refractivity contribution in [2.45, 2.75) is 0 Å². The molecule has 0 radical (unpaired) electrons. The summed E-state index contributed by atoms with van der Waals surface area (Å²) in [6.45, 7) is 0. The Labute approximate surface area is 120 Å². The van der Waals surface area contributed by atoms with Crippen molar-refractivity contribution in [2.24, 2.45) is 10.9 Å². The number of amidine groups is 1. The third-order valence-corrected chi connectivity index (χ3v) is 3.22. The molecule has 0 spiro atoms. The first kappa shape index (κ1) is 12.9. The van der Waals surface area contributed by atoms with Gasteiger partial charge in [-0.1, -0.05) is 17.3 Å². The van der Waals surface area contributed by atoms with E-state index in [1.54, 1.807) is 16.8 Å². The molecule has 0 saturated heterocycles. The molecule has 0 bridgehead atoms. The lowest BCUT2D eigenvalue weighted by Gasteiger charge is -2.19. The summed E-state index contributed by atoms with van der Waals surface area (Å²) < 4.78 is 1.70. The molecule has 3 N–H and O–H groups in total. The van der Waals surface area contributed by atoms with Crippen LogP contribution < -0.4 is 10.6 Å². The summed E-state index contributed by atoms with van der Waals surface area (Å²) in [5, 5.41) is 15.9. The average molecular weight is 282 g/mol. The molecule has 0 saturated carbocycles. The van der Waals surface area contributed by atoms with E-state index < -0.39 is 0 Å². The average Bonchev–Trinajstić information content (AvgIpc) is 3.01. The number of nitrogens with zero attached hydrogens (tertiary/aromatic N) is 5. The Hall–Kier alpha value is -3.09. The van der Waals surface area contributed by atoms with E-state index in [-0.39, 0.29) is 5.84 Å². The number of oxime groups is 1. The van der Waals surface area contributed by atoms with Crippen molar-refractivity contribution >= 4 is 23.0 Å². The van der Waals surface area contributed by atoms with E-state index in [1.165, 1.54) is 0 Å². The number of aromatic nitrogens is 3. The molecule has 106 valence electrons. The molecule has 0 fully saturated rings. The third-order valence-electron chi connectivity index (χ3n) is 3.22. The highest BCUT2D eigenvalue weighted by Crippen LogP contribution is 2.22. The third kappa shape index (κ3) is 2.36. The molecule has 3 rings (SSSR count). The zero-order valence-electron chi connectivity index (χ0n) is 11.4. The zero-order valence-corrected chi connectivity index (χ0v) is 11.4. The molecular weight excluding hydrogens is 268 g/mol. The van der Waals surface area contributed by atoms with Gasteiger partial charge in [0.2, 0.25) is 0 Å². The first-order valence-electron chi connectivity index (χ1n) is 6.31. The van der Waals surface area contributed by atoms with Crippen LogP contribution in [0.15, 0.2) is 53.9 Å². The summed E-state index contributed by atoms with van der Waals surface area (Å²) in [4.78, 5) is 6.44. The number of anilines is 2. The Morgan fingerprint density at radius 1 is 1.33 bits per heavy atom. The molecule has 21 heavy (non-hydrogen) atoms. The number of rotatable bonds is 3. The first-order chi connectivity index (χ1) is 10.2. The van der Waals surface area contributed by atoms with Gasteiger partial charge in [0.15, 0.2) is 11.5 Å². The van der Waals surface area contributed by atoms with Gasteiger partial charge >= 0.3 is 0 Å². The van der Waals surface area contributed by atoms with Gasteiger partial charge < -0.3 is 15.8 Å². The minimum atomic E-state index is 0.0736. The van der Waals surface area contributed by atoms with E-state index in [9.17, 15) is 0 Å². The van der Waals surface area contributed by atoms with Crippen LogP contribution in [0.25, 0.3) is 5.65 Å². The first-order valence-corrected chi connectivity index (χ1v) is 6.31. The van der Waals surface area contributed by atoms with Crippen molar-refractivity contribution in [1.29, 1.82) is 0 Å². The molecule has 0 aliphatic heterocycles. The van der Waals surface area contributed by atoms with Gasteiger partial charge in [-0.05, 0) is 18.2 Å². The van der Waals surface area contributed by atoms with E-state index in [4.69, 9.17) is 10.9 Å². The maximum Gasteiger partial charge on any atom is 0.170 e. The van der Waals surface area contributed by atoms with Crippen LogP contribution in [0.5, 0.6) is 0 Å². The molecule has 0 amide bonds. The van der Waals surface area contributed by atoms with E-state index in [0.29, 0.717) is 5.56 Å². The minimum Gasteiger partial charge on any atom is -0.409 e. The fraction of sp³-hybridized carbons (Fsp3) is 0.0714. The molecule has 1 aromatic carbocycles. The maximum atomic E-state index is 8.76. The van der Waals surface area contributed by atoms with Crippen LogP contribution in [0.1, 0.15) is 5.56 Å². The van der Waals surface area contributed by atoms with Gasteiger partial charge in [0.1, 0.15) is 5.82 Å². The van der Waals surface area contributed by atoms with Crippen LogP contribution in [0.4, 0.5) is 11.5 Å². The Morgan fingerprint density at radius 3 is 3.00 bits per heavy atom. The number of fused-ring (bicyclic) bond motifs is 1. The Bertz CT molecular complexity index is 810. The SMILES string of the molecule is CN(c1cccc(/C(N)=N/O)c1)c1ccn2nccc2n1. The summed E-state index contributed by atoms with van der Waals surface area (Å²) in [5.41, 5.74) is 7.92. The fourth-order valence-corrected chi connectivity index (χ4v) is 2.05. The molecule has 0 unspecified atom stereocenters. The lowest BCUT2D eigenvalue weighted by molar-refractivity contribution is 0.318. The summed E-state index contributed by atoms with van der Waals surface area (Å²) in [6, 6.07) is 11.1. The van der Waals surface area contributed by atoms with Crippen molar-refractivity contribution in [3.63, 3.8) is 0 Å². The minimum absolute atomic E-state index is 0.0736. The van der Waals surface area contributed by atoms with Gasteiger partial charge in [-0.2, -0.15) is 5.10 Å². The predicted octanol–water partition coefficient (Wildman–Crippen LogP) is 1.59. The monoisotopic (exact) mass is 282 g/mol. The predicted molar refractivity (Wildman–Crippen MR) is 80.0 cm³/mol. The quantitative estimate of drug-likeness (QED) is 0.329. The van der Waals surface area contributed by atoms with Crippen LogP contribution in [0, 0.1) is 0 Å². The smallest absolute Gasteiger partial charge is 0.170 e. The topological polar surface area (TPSA) is 92.0 Å². The van der Waals surface area contributed by atoms with Crippen LogP contribution >= 0.6 is 0 Å². The van der Waals surface area contributed by atoms with Crippen LogP contribution in [-0.2, 0) is 0 Å². The Balaban J connectivity index is 1.99. The molecule has 2 heterocycles. The van der Waals surface area contributed by atoms with Gasteiger partial charge in [0.25, 0.3) is 0 Å². The molecule has 2 aromatic heterocycles. The lowest BCUT2D eigenvalue weighted by Crippen LogP contribution is -2.16. The second kappa shape index (κ2) is 5.12. The van der Waals surface area contributed by atoms with Crippen molar-refractivity contribution in [3.05, 3.63) is 54.4 Å². The van der Waals surface area contributed by atoms with Crippen molar-refractivity contribution < 1.29 is 5.21 Å². The largest absolute Gasteiger partial charge is 0.409 e. The van der Waals surface area contributed by atoms with E-state index >= 15 is 0 Å². The van der Waals surface area contributed by atoms with Crippen molar-refractivity contribution in [1.82, 2.24) is 14.6 Å². The van der Waals surface area contributed by atoms with E-state index in [0.717, 1.165) is 17.2 Å². The van der Waals surface area contributed by atoms with Gasteiger partial charge in [0.05, 0.1) is 6.20 Å². The number of hydrogen-bond donors (Lipinski definition) is 2. The Kier molecular flexibility index (Phi) is 3.15. The van der Waals surface area contributed by atoms with Crippen LogP contribution in [0.2, 0.25) is 0 Å². The second-order valence-corrected chi connectivity index (χ2v) is 4.51. The van der Waals surface area contributed by atoms with Crippen LogP contribution in [-0.4, -0.2) is 32.7 Å². The number of benzene rings is 1. The molecule has 0 aliphatic rings. The highest BCUT2D eigenvalue weighted by molar-refractivity contribution is 5.97. The highest BCUT2D eigenvalue weighted by Gasteiger charge is 2.08. The normalized spacial score (nSPS) is 11.8. The molecule has 7 heteroatoms. The van der Waals surface area contributed by atoms with Crippen LogP contribution in [0.3, 0.4) is 0 Å². The summed E-state index contributed by atoms with van der Waals surface area (Å²) in [5.74, 6) is 0.851. The van der Waals surface area contributed by atoms with Gasteiger partial charge in [-0.15, -0.1) is 0 Å². The molecule has 0 aliphatic carbocycles. The van der Waals surface area contributed by atoms with E-state index in [2.05, 4.69) is 15.2 Å². The molecule has 7 nitrogen and oxygen atoms in total. The molecule has 0 atom stereocenters. The maximum absolute atomic E-state index is 8.76. The summed E-state index contributed by atoms with van der Waals surface area (Å²) in [7, 11) is 1.90. The lowest BCUT2D eigenvalue weighted by atomic mass is 10.2. The van der Waals surface area contributed by atoms with Gasteiger partial charge in [-0.3, -0.25) is 0 Å². The molecule has 3 aromatic rings. The van der Waals surface area contributed by atoms with Crippen molar-refractivity contribution in [3.8, 4) is 0 Å². The molecular formula is C14H14N6O. The van der Waals surface area contributed by atoms with E-state index in [1.807, 2.05) is 48.5 Å². The zero-order chi connectivity index (χ0) is 14.8. The fourth-order valence-electron chi connectivity index (χ4n) is 2.05. The van der Waals surface area contributed by atoms with Gasteiger partial charge in [0, 0.05) is 30.6 Å². The summed E-state index contributed by atoms with van der Waals surface area (Å²) >= 11 is 0. The Morgan fingerprint density at radius 2 is 2.19 bits per heavy atom. The summed E-state index contributed by atoms with van der Waals surface area (Å²) in [6.07, 6.45) is 3.55. The van der Waals surface area contributed by atoms with Crippen molar-refractivity contribution in [2.75, 3.05) is 11.9 Å². The standard InChI is InChI=1S/C14H14N6O/c1-19(11-4-2-3-10(9-11)14(15)18-21)12-6-8-20-13(17-12)5-7-16-20/h2-9,21H,1H3,(H2,15,18).